The number of aryl methyl sites for hydroxylation is 1. The van der Waals surface area contributed by atoms with Crippen LogP contribution in [0.5, 0.6) is 5.75 Å². The van der Waals surface area contributed by atoms with Gasteiger partial charge in [-0.1, -0.05) is 11.6 Å². The van der Waals surface area contributed by atoms with Crippen LogP contribution in [0.3, 0.4) is 0 Å². The summed E-state index contributed by atoms with van der Waals surface area (Å²) in [6.45, 7) is 3.61. The van der Waals surface area contributed by atoms with Crippen LogP contribution in [-0.2, 0) is 0 Å². The topological polar surface area (TPSA) is 35.2 Å². The van der Waals surface area contributed by atoms with Crippen LogP contribution >= 0.6 is 11.6 Å². The van der Waals surface area contributed by atoms with Gasteiger partial charge < -0.3 is 10.5 Å². The predicted octanol–water partition coefficient (Wildman–Crippen LogP) is 3.80. The van der Waals surface area contributed by atoms with Gasteiger partial charge in [-0.2, -0.15) is 0 Å². The molecule has 0 atom stereocenters. The van der Waals surface area contributed by atoms with Crippen LogP contribution in [0.1, 0.15) is 31.7 Å². The minimum Gasteiger partial charge on any atom is -0.489 e. The third-order valence-electron chi connectivity index (χ3n) is 2.67. The molecule has 92 valence electrons. The monoisotopic (exact) mass is 251 g/mol. The molecule has 0 bridgehead atoms. The van der Waals surface area contributed by atoms with Crippen molar-refractivity contribution in [1.82, 2.24) is 0 Å². The Bertz CT molecular complexity index is 419. The van der Waals surface area contributed by atoms with Gasteiger partial charge in [-0.3, -0.25) is 0 Å². The fraction of sp³-hybridized carbons (Fsp3) is 0.429. The van der Waals surface area contributed by atoms with Crippen molar-refractivity contribution in [2.45, 2.75) is 39.2 Å². The molecule has 2 rings (SSSR count). The van der Waals surface area contributed by atoms with Gasteiger partial charge in [0.25, 0.3) is 0 Å². The minimum absolute atomic E-state index is 0.357. The van der Waals surface area contributed by atoms with E-state index in [4.69, 9.17) is 22.1 Å². The lowest BCUT2D eigenvalue weighted by atomic mass is 9.96. The van der Waals surface area contributed by atoms with E-state index in [2.05, 4.69) is 12.3 Å². The largest absolute Gasteiger partial charge is 0.489 e. The van der Waals surface area contributed by atoms with E-state index in [9.17, 15) is 0 Å². The predicted molar refractivity (Wildman–Crippen MR) is 73.4 cm³/mol. The molecule has 1 aromatic rings. The molecule has 2 nitrogen and oxygen atoms in total. The molecule has 0 unspecified atom stereocenters. The van der Waals surface area contributed by atoms with Crippen molar-refractivity contribution >= 4 is 17.3 Å². The summed E-state index contributed by atoms with van der Waals surface area (Å²) >= 11 is 6.02. The smallest absolute Gasteiger partial charge is 0.138 e. The first-order valence-corrected chi connectivity index (χ1v) is 6.06. The molecule has 0 aliphatic heterocycles. The van der Waals surface area contributed by atoms with Crippen molar-refractivity contribution in [3.63, 3.8) is 0 Å². The second kappa shape index (κ2) is 6.42. The Hall–Kier alpha value is -1.33. The summed E-state index contributed by atoms with van der Waals surface area (Å²) in [5.41, 5.74) is 7.46. The molecule has 0 spiro atoms. The highest BCUT2D eigenvalue weighted by Crippen LogP contribution is 2.33. The Balaban J connectivity index is 0.000000437. The number of benzene rings is 1. The average molecular weight is 252 g/mol. The molecular weight excluding hydrogens is 234 g/mol. The Morgan fingerprint density at radius 1 is 1.47 bits per heavy atom. The molecule has 0 amide bonds. The van der Waals surface area contributed by atoms with Gasteiger partial charge in [0.2, 0.25) is 0 Å². The van der Waals surface area contributed by atoms with Crippen LogP contribution < -0.4 is 10.5 Å². The lowest BCUT2D eigenvalue weighted by Gasteiger charge is -2.27. The molecular formula is C14H18ClNO. The van der Waals surface area contributed by atoms with E-state index in [1.165, 1.54) is 6.42 Å². The van der Waals surface area contributed by atoms with E-state index >= 15 is 0 Å². The molecule has 3 heteroatoms. The zero-order valence-corrected chi connectivity index (χ0v) is 11.1. The summed E-state index contributed by atoms with van der Waals surface area (Å²) in [6, 6.07) is 3.67. The number of anilines is 1. The maximum Gasteiger partial charge on any atom is 0.138 e. The first-order chi connectivity index (χ1) is 8.08. The van der Waals surface area contributed by atoms with Crippen LogP contribution in [0.15, 0.2) is 12.1 Å². The van der Waals surface area contributed by atoms with Gasteiger partial charge in [0.05, 0.1) is 11.1 Å². The van der Waals surface area contributed by atoms with Crippen LogP contribution in [0.25, 0.3) is 0 Å². The SMILES string of the molecule is C#CC.Cc1cc(OC2CCC2)c(Cl)cc1N. The van der Waals surface area contributed by atoms with Crippen LogP contribution in [0, 0.1) is 19.3 Å². The van der Waals surface area contributed by atoms with E-state index in [-0.39, 0.29) is 0 Å². The number of nitrogen functional groups attached to an aromatic ring is 1. The van der Waals surface area contributed by atoms with E-state index in [0.29, 0.717) is 11.1 Å². The highest BCUT2D eigenvalue weighted by Gasteiger charge is 2.20. The second-order valence-corrected chi connectivity index (χ2v) is 4.51. The number of halogens is 1. The summed E-state index contributed by atoms with van der Waals surface area (Å²) in [4.78, 5) is 0. The van der Waals surface area contributed by atoms with Crippen molar-refractivity contribution < 1.29 is 4.74 Å². The van der Waals surface area contributed by atoms with Gasteiger partial charge >= 0.3 is 0 Å². The Morgan fingerprint density at radius 3 is 2.53 bits per heavy atom. The van der Waals surface area contributed by atoms with E-state index in [0.717, 1.165) is 29.8 Å². The average Bonchev–Trinajstić information content (AvgIpc) is 2.20. The number of ether oxygens (including phenoxy) is 1. The lowest BCUT2D eigenvalue weighted by molar-refractivity contribution is 0.120. The quantitative estimate of drug-likeness (QED) is 0.641. The maximum absolute atomic E-state index is 6.02. The first-order valence-electron chi connectivity index (χ1n) is 5.68. The fourth-order valence-electron chi connectivity index (χ4n) is 1.43. The molecule has 1 aliphatic rings. The summed E-state index contributed by atoms with van der Waals surface area (Å²) in [5.74, 6) is 3.02. The zero-order valence-electron chi connectivity index (χ0n) is 10.3. The van der Waals surface area contributed by atoms with E-state index in [1.807, 2.05) is 13.0 Å². The van der Waals surface area contributed by atoms with Gasteiger partial charge in [-0.25, -0.2) is 0 Å². The summed E-state index contributed by atoms with van der Waals surface area (Å²) in [6.07, 6.45) is 8.49. The van der Waals surface area contributed by atoms with Crippen molar-refractivity contribution in [3.8, 4) is 18.1 Å². The third-order valence-corrected chi connectivity index (χ3v) is 2.96. The number of nitrogens with two attached hydrogens (primary N) is 1. The molecule has 0 saturated heterocycles. The molecule has 17 heavy (non-hydrogen) atoms. The van der Waals surface area contributed by atoms with Gasteiger partial charge in [0.1, 0.15) is 5.75 Å². The third kappa shape index (κ3) is 3.87. The number of terminal acetylenes is 1. The number of hydrogen-bond donors (Lipinski definition) is 1. The molecule has 1 aromatic carbocycles. The minimum atomic E-state index is 0.357. The normalized spacial score (nSPS) is 14.0. The van der Waals surface area contributed by atoms with Crippen molar-refractivity contribution in [1.29, 1.82) is 0 Å². The molecule has 2 N–H and O–H groups in total. The standard InChI is InChI=1S/C11H14ClNO.C3H4/c1-7-5-11(9(12)6-10(7)13)14-8-3-2-4-8;1-3-2/h5-6,8H,2-4,13H2,1H3;1H,2H3. The highest BCUT2D eigenvalue weighted by atomic mass is 35.5. The van der Waals surface area contributed by atoms with Gasteiger partial charge in [-0.15, -0.1) is 12.3 Å². The highest BCUT2D eigenvalue weighted by molar-refractivity contribution is 6.32. The van der Waals surface area contributed by atoms with Gasteiger partial charge in [0.15, 0.2) is 0 Å². The lowest BCUT2D eigenvalue weighted by Crippen LogP contribution is -2.24. The maximum atomic E-state index is 6.02. The molecule has 1 fully saturated rings. The molecule has 0 aromatic heterocycles. The fourth-order valence-corrected chi connectivity index (χ4v) is 1.65. The van der Waals surface area contributed by atoms with E-state index in [1.54, 1.807) is 13.0 Å². The van der Waals surface area contributed by atoms with E-state index < -0.39 is 0 Å². The van der Waals surface area contributed by atoms with Gasteiger partial charge in [0, 0.05) is 5.69 Å². The summed E-state index contributed by atoms with van der Waals surface area (Å²) in [5, 5.41) is 0.611. The number of hydrogen-bond acceptors (Lipinski definition) is 2. The second-order valence-electron chi connectivity index (χ2n) is 4.10. The van der Waals surface area contributed by atoms with Crippen LogP contribution in [-0.4, -0.2) is 6.10 Å². The summed E-state index contributed by atoms with van der Waals surface area (Å²) in [7, 11) is 0. The summed E-state index contributed by atoms with van der Waals surface area (Å²) < 4.78 is 5.73. The van der Waals surface area contributed by atoms with Crippen molar-refractivity contribution in [3.05, 3.63) is 22.7 Å². The van der Waals surface area contributed by atoms with Crippen molar-refractivity contribution in [2.24, 2.45) is 0 Å². The molecule has 0 heterocycles. The molecule has 0 radical (unpaired) electrons. The van der Waals surface area contributed by atoms with Crippen molar-refractivity contribution in [2.75, 3.05) is 5.73 Å². The van der Waals surface area contributed by atoms with Crippen LogP contribution in [0.2, 0.25) is 5.02 Å². The zero-order chi connectivity index (χ0) is 12.8. The Labute approximate surface area is 108 Å². The molecule has 1 saturated carbocycles. The van der Waals surface area contributed by atoms with Crippen LogP contribution in [0.4, 0.5) is 5.69 Å². The Morgan fingerprint density at radius 2 is 2.06 bits per heavy atom. The molecule has 1 aliphatic carbocycles. The van der Waals surface area contributed by atoms with Gasteiger partial charge in [-0.05, 0) is 50.8 Å². The number of rotatable bonds is 2. The first kappa shape index (κ1) is 13.7. The Kier molecular flexibility index (Phi) is 5.18.